The maximum absolute atomic E-state index is 10.3. The van der Waals surface area contributed by atoms with E-state index >= 15 is 0 Å². The van der Waals surface area contributed by atoms with Gasteiger partial charge in [-0.2, -0.15) is 0 Å². The Morgan fingerprint density at radius 1 is 1.16 bits per heavy atom. The fourth-order valence-corrected chi connectivity index (χ4v) is 6.75. The lowest BCUT2D eigenvalue weighted by Crippen LogP contribution is -2.36. The molecule has 3 heteroatoms. The topological polar surface area (TPSA) is 60.7 Å². The van der Waals surface area contributed by atoms with Crippen LogP contribution in [-0.2, 0) is 0 Å². The second-order valence-corrected chi connectivity index (χ2v) is 11.8. The van der Waals surface area contributed by atoms with E-state index in [0.717, 1.165) is 23.5 Å². The molecule has 0 saturated heterocycles. The summed E-state index contributed by atoms with van der Waals surface area (Å²) in [5.41, 5.74) is 3.11. The van der Waals surface area contributed by atoms with Crippen LogP contribution in [0.3, 0.4) is 0 Å². The average Bonchev–Trinajstić information content (AvgIpc) is 3.04. The van der Waals surface area contributed by atoms with E-state index in [4.69, 9.17) is 0 Å². The van der Waals surface area contributed by atoms with Gasteiger partial charge in [0.15, 0.2) is 0 Å². The minimum absolute atomic E-state index is 0.322. The minimum atomic E-state index is -0.618. The molecule has 0 unspecified atom stereocenters. The molecule has 0 radical (unpaired) electrons. The Morgan fingerprint density at radius 3 is 2.55 bits per heavy atom. The van der Waals surface area contributed by atoms with Crippen LogP contribution in [0.4, 0.5) is 0 Å². The molecular formula is C28H46O3. The van der Waals surface area contributed by atoms with Gasteiger partial charge in [0.2, 0.25) is 0 Å². The van der Waals surface area contributed by atoms with Crippen molar-refractivity contribution in [3.63, 3.8) is 0 Å². The van der Waals surface area contributed by atoms with Gasteiger partial charge in [0.1, 0.15) is 0 Å². The molecule has 3 fully saturated rings. The number of aliphatic hydroxyl groups excluding tert-OH is 2. The summed E-state index contributed by atoms with van der Waals surface area (Å²) in [4.78, 5) is 0. The SMILES string of the molecule is C=C1/C(=C/C=C2\CCC[C@]3(C)[C@@H]([C@H](C)CC[C@@H](C)C(C)(C)O)CC[C@@H]23)C[C@H](O)C[C@@H]1O. The largest absolute Gasteiger partial charge is 0.393 e. The molecule has 3 rings (SSSR count). The van der Waals surface area contributed by atoms with E-state index in [0.29, 0.717) is 36.0 Å². The number of allylic oxidation sites excluding steroid dienone is 3. The molecule has 3 N–H and O–H groups in total. The van der Waals surface area contributed by atoms with Crippen LogP contribution in [0.5, 0.6) is 0 Å². The van der Waals surface area contributed by atoms with Gasteiger partial charge in [0.05, 0.1) is 17.8 Å². The highest BCUT2D eigenvalue weighted by Crippen LogP contribution is 2.60. The highest BCUT2D eigenvalue weighted by atomic mass is 16.3. The molecule has 0 spiro atoms. The van der Waals surface area contributed by atoms with E-state index in [1.807, 2.05) is 13.8 Å². The Balaban J connectivity index is 1.71. The second-order valence-electron chi connectivity index (χ2n) is 11.8. The summed E-state index contributed by atoms with van der Waals surface area (Å²) < 4.78 is 0. The minimum Gasteiger partial charge on any atom is -0.393 e. The monoisotopic (exact) mass is 430 g/mol. The molecule has 0 heterocycles. The normalized spacial score (nSPS) is 39.0. The first kappa shape index (κ1) is 24.7. The van der Waals surface area contributed by atoms with Crippen molar-refractivity contribution in [3.05, 3.63) is 35.5 Å². The van der Waals surface area contributed by atoms with Gasteiger partial charge in [-0.05, 0) is 99.0 Å². The smallest absolute Gasteiger partial charge is 0.0811 e. The van der Waals surface area contributed by atoms with Crippen LogP contribution in [-0.4, -0.2) is 33.1 Å². The molecule has 0 aromatic rings. The molecule has 3 aliphatic carbocycles. The van der Waals surface area contributed by atoms with Crippen molar-refractivity contribution in [1.29, 1.82) is 0 Å². The summed E-state index contributed by atoms with van der Waals surface area (Å²) in [5, 5.41) is 30.5. The van der Waals surface area contributed by atoms with Gasteiger partial charge in [-0.1, -0.05) is 51.5 Å². The lowest BCUT2D eigenvalue weighted by atomic mass is 9.60. The van der Waals surface area contributed by atoms with E-state index in [-0.39, 0.29) is 0 Å². The molecule has 31 heavy (non-hydrogen) atoms. The Hall–Kier alpha value is -0.900. The molecule has 0 aliphatic heterocycles. The summed E-state index contributed by atoms with van der Waals surface area (Å²) in [5.74, 6) is 2.39. The Kier molecular flexibility index (Phi) is 7.61. The third-order valence-corrected chi connectivity index (χ3v) is 9.25. The number of hydrogen-bond donors (Lipinski definition) is 3. The van der Waals surface area contributed by atoms with Gasteiger partial charge in [0, 0.05) is 6.42 Å². The highest BCUT2D eigenvalue weighted by Gasteiger charge is 2.50. The van der Waals surface area contributed by atoms with Gasteiger partial charge in [-0.25, -0.2) is 0 Å². The summed E-state index contributed by atoms with van der Waals surface area (Å²) in [6.07, 6.45) is 12.9. The predicted octanol–water partition coefficient (Wildman–Crippen LogP) is 5.95. The number of hydrogen-bond acceptors (Lipinski definition) is 3. The molecule has 0 aromatic heterocycles. The zero-order chi connectivity index (χ0) is 23.0. The Bertz CT molecular complexity index is 712. The summed E-state index contributed by atoms with van der Waals surface area (Å²) >= 11 is 0. The van der Waals surface area contributed by atoms with E-state index < -0.39 is 17.8 Å². The number of aliphatic hydroxyl groups is 3. The maximum atomic E-state index is 10.3. The summed E-state index contributed by atoms with van der Waals surface area (Å²) in [6.45, 7) is 15.1. The standard InChI is InChI=1S/C28H46O3/c1-18(9-10-19(2)27(4,5)31)24-13-14-25-21(8-7-15-28(24,25)6)11-12-22-16-23(29)17-26(30)20(22)3/h11-12,18-19,23-26,29-31H,3,7-10,13-17H2,1-2,4-6H3/b21-11+,22-12+/t18-,19-,23+,24-,25+,26+,28-/m1/s1. The van der Waals surface area contributed by atoms with Gasteiger partial charge in [-0.15, -0.1) is 0 Å². The van der Waals surface area contributed by atoms with E-state index in [9.17, 15) is 15.3 Å². The molecule has 3 saturated carbocycles. The van der Waals surface area contributed by atoms with E-state index in [1.54, 1.807) is 5.57 Å². The number of fused-ring (bicyclic) bond motifs is 1. The average molecular weight is 431 g/mol. The second kappa shape index (κ2) is 9.53. The van der Waals surface area contributed by atoms with Crippen molar-refractivity contribution in [3.8, 4) is 0 Å². The van der Waals surface area contributed by atoms with Crippen LogP contribution in [0, 0.1) is 29.1 Å². The molecule has 0 bridgehead atoms. The Labute approximate surface area is 190 Å². The molecule has 3 nitrogen and oxygen atoms in total. The quantitative estimate of drug-likeness (QED) is 0.488. The van der Waals surface area contributed by atoms with Crippen LogP contribution >= 0.6 is 0 Å². The summed E-state index contributed by atoms with van der Waals surface area (Å²) in [6, 6.07) is 0. The zero-order valence-electron chi connectivity index (χ0n) is 20.5. The predicted molar refractivity (Wildman–Crippen MR) is 129 cm³/mol. The first-order chi connectivity index (χ1) is 14.4. The van der Waals surface area contributed by atoms with Crippen molar-refractivity contribution in [2.24, 2.45) is 29.1 Å². The Morgan fingerprint density at radius 2 is 1.87 bits per heavy atom. The maximum Gasteiger partial charge on any atom is 0.0811 e. The lowest BCUT2D eigenvalue weighted by Gasteiger charge is -2.44. The van der Waals surface area contributed by atoms with Crippen LogP contribution in [0.15, 0.2) is 35.5 Å². The number of rotatable bonds is 6. The summed E-state index contributed by atoms with van der Waals surface area (Å²) in [7, 11) is 0. The molecule has 7 atom stereocenters. The van der Waals surface area contributed by atoms with Crippen LogP contribution in [0.25, 0.3) is 0 Å². The van der Waals surface area contributed by atoms with Gasteiger partial charge in [-0.3, -0.25) is 0 Å². The van der Waals surface area contributed by atoms with Crippen molar-refractivity contribution < 1.29 is 15.3 Å². The molecule has 0 aromatic carbocycles. The fraction of sp³-hybridized carbons (Fsp3) is 0.786. The van der Waals surface area contributed by atoms with Crippen molar-refractivity contribution >= 4 is 0 Å². The fourth-order valence-electron chi connectivity index (χ4n) is 6.75. The van der Waals surface area contributed by atoms with E-state index in [2.05, 4.69) is 39.5 Å². The van der Waals surface area contributed by atoms with Crippen molar-refractivity contribution in [1.82, 2.24) is 0 Å². The van der Waals surface area contributed by atoms with E-state index in [1.165, 1.54) is 38.5 Å². The van der Waals surface area contributed by atoms with Crippen LogP contribution in [0.1, 0.15) is 92.4 Å². The molecule has 3 aliphatic rings. The highest BCUT2D eigenvalue weighted by molar-refractivity contribution is 5.38. The first-order valence-electron chi connectivity index (χ1n) is 12.6. The zero-order valence-corrected chi connectivity index (χ0v) is 20.5. The van der Waals surface area contributed by atoms with Gasteiger partial charge < -0.3 is 15.3 Å². The van der Waals surface area contributed by atoms with Crippen LogP contribution < -0.4 is 0 Å². The molecule has 0 amide bonds. The first-order valence-corrected chi connectivity index (χ1v) is 12.6. The third kappa shape index (κ3) is 5.37. The van der Waals surface area contributed by atoms with Gasteiger partial charge in [0.25, 0.3) is 0 Å². The van der Waals surface area contributed by atoms with Gasteiger partial charge >= 0.3 is 0 Å². The lowest BCUT2D eigenvalue weighted by molar-refractivity contribution is 0.0150. The van der Waals surface area contributed by atoms with Crippen LogP contribution in [0.2, 0.25) is 0 Å². The van der Waals surface area contributed by atoms with Crippen molar-refractivity contribution in [2.45, 2.75) is 110 Å². The third-order valence-electron chi connectivity index (χ3n) is 9.25. The van der Waals surface area contributed by atoms with Crippen molar-refractivity contribution in [2.75, 3.05) is 0 Å². The molecular weight excluding hydrogens is 384 g/mol. The molecule has 176 valence electrons.